The highest BCUT2D eigenvalue weighted by molar-refractivity contribution is 14.0. The van der Waals surface area contributed by atoms with E-state index in [-0.39, 0.29) is 24.0 Å². The Balaban J connectivity index is 0.00000280. The molecule has 6 nitrogen and oxygen atoms in total. The number of hydrogen-bond donors (Lipinski definition) is 2. The van der Waals surface area contributed by atoms with Gasteiger partial charge >= 0.3 is 0 Å². The Labute approximate surface area is 183 Å². The fourth-order valence-electron chi connectivity index (χ4n) is 2.60. The minimum Gasteiger partial charge on any atom is -0.493 e. The number of nitrogens with zero attached hydrogens (tertiary/aromatic N) is 1. The Morgan fingerprint density at radius 3 is 2.71 bits per heavy atom. The summed E-state index contributed by atoms with van der Waals surface area (Å²) in [5.74, 6) is 3.16. The number of benzene rings is 2. The maximum absolute atomic E-state index is 6.03. The summed E-state index contributed by atoms with van der Waals surface area (Å²) in [6.07, 6.45) is 0.876. The zero-order valence-corrected chi connectivity index (χ0v) is 18.6. The fraction of sp³-hybridized carbons (Fsp3) is 0.381. The van der Waals surface area contributed by atoms with E-state index in [1.807, 2.05) is 42.5 Å². The Morgan fingerprint density at radius 1 is 1.14 bits per heavy atom. The van der Waals surface area contributed by atoms with Crippen molar-refractivity contribution in [3.63, 3.8) is 0 Å². The quantitative estimate of drug-likeness (QED) is 0.351. The van der Waals surface area contributed by atoms with E-state index in [2.05, 4.69) is 24.2 Å². The van der Waals surface area contributed by atoms with Crippen LogP contribution in [0.3, 0.4) is 0 Å². The van der Waals surface area contributed by atoms with Gasteiger partial charge in [-0.15, -0.1) is 24.0 Å². The SMILES string of the molecule is CC(C)COc1cccc(CN=C(N)Nc2ccc3c(c2)OCCCO3)c1.I. The topological polar surface area (TPSA) is 78.1 Å². The van der Waals surface area contributed by atoms with E-state index in [9.17, 15) is 0 Å². The summed E-state index contributed by atoms with van der Waals surface area (Å²) in [5, 5.41) is 3.10. The first-order chi connectivity index (χ1) is 13.1. The monoisotopic (exact) mass is 497 g/mol. The standard InChI is InChI=1S/C21H27N3O3.HI/c1-15(2)14-27-18-6-3-5-16(11-18)13-23-21(22)24-17-7-8-19-20(12-17)26-10-4-9-25-19;/h3,5-8,11-12,15H,4,9-10,13-14H2,1-2H3,(H3,22,23,24);1H. The lowest BCUT2D eigenvalue weighted by Gasteiger charge is -2.11. The molecule has 0 fully saturated rings. The van der Waals surface area contributed by atoms with Crippen molar-refractivity contribution in [1.82, 2.24) is 0 Å². The lowest BCUT2D eigenvalue weighted by molar-refractivity contribution is 0.271. The number of nitrogens with two attached hydrogens (primary N) is 1. The van der Waals surface area contributed by atoms with Crippen LogP contribution in [0.2, 0.25) is 0 Å². The van der Waals surface area contributed by atoms with Crippen LogP contribution >= 0.6 is 24.0 Å². The molecule has 0 radical (unpaired) electrons. The lowest BCUT2D eigenvalue weighted by Crippen LogP contribution is -2.22. The molecule has 0 aliphatic carbocycles. The van der Waals surface area contributed by atoms with E-state index in [4.69, 9.17) is 19.9 Å². The van der Waals surface area contributed by atoms with Gasteiger partial charge in [0.25, 0.3) is 0 Å². The van der Waals surface area contributed by atoms with Crippen molar-refractivity contribution >= 4 is 35.6 Å². The van der Waals surface area contributed by atoms with Crippen LogP contribution in [-0.4, -0.2) is 25.8 Å². The molecule has 0 saturated carbocycles. The zero-order chi connectivity index (χ0) is 19.1. The molecule has 7 heteroatoms. The summed E-state index contributed by atoms with van der Waals surface area (Å²) < 4.78 is 17.1. The number of hydrogen-bond acceptors (Lipinski definition) is 4. The summed E-state index contributed by atoms with van der Waals surface area (Å²) in [4.78, 5) is 4.41. The fourth-order valence-corrected chi connectivity index (χ4v) is 2.60. The first-order valence-corrected chi connectivity index (χ1v) is 9.28. The molecule has 2 aromatic rings. The second kappa shape index (κ2) is 11.0. The summed E-state index contributed by atoms with van der Waals surface area (Å²) >= 11 is 0. The minimum atomic E-state index is 0. The van der Waals surface area contributed by atoms with Gasteiger partial charge in [-0.3, -0.25) is 0 Å². The molecule has 0 spiro atoms. The molecule has 1 aliphatic rings. The van der Waals surface area contributed by atoms with Gasteiger partial charge in [-0.2, -0.15) is 0 Å². The first kappa shape index (κ1) is 22.1. The number of fused-ring (bicyclic) bond motifs is 1. The Morgan fingerprint density at radius 2 is 1.93 bits per heavy atom. The average molecular weight is 497 g/mol. The second-order valence-corrected chi connectivity index (χ2v) is 6.89. The van der Waals surface area contributed by atoms with Crippen molar-refractivity contribution in [1.29, 1.82) is 0 Å². The van der Waals surface area contributed by atoms with Gasteiger partial charge in [-0.25, -0.2) is 4.99 Å². The molecular formula is C21H28IN3O3. The number of rotatable bonds is 6. The molecule has 28 heavy (non-hydrogen) atoms. The van der Waals surface area contributed by atoms with Crippen LogP contribution in [0.15, 0.2) is 47.5 Å². The molecular weight excluding hydrogens is 469 g/mol. The number of halogens is 1. The van der Waals surface area contributed by atoms with Gasteiger partial charge < -0.3 is 25.3 Å². The molecule has 2 aromatic carbocycles. The second-order valence-electron chi connectivity index (χ2n) is 6.89. The van der Waals surface area contributed by atoms with E-state index in [1.165, 1.54) is 0 Å². The average Bonchev–Trinajstić information content (AvgIpc) is 2.90. The molecule has 0 unspecified atom stereocenters. The number of ether oxygens (including phenoxy) is 3. The van der Waals surface area contributed by atoms with Crippen molar-refractivity contribution in [2.75, 3.05) is 25.1 Å². The molecule has 152 valence electrons. The maximum Gasteiger partial charge on any atom is 0.193 e. The van der Waals surface area contributed by atoms with E-state index in [1.54, 1.807) is 0 Å². The van der Waals surface area contributed by atoms with Gasteiger partial charge in [0.1, 0.15) is 5.75 Å². The van der Waals surface area contributed by atoms with Gasteiger partial charge in [-0.05, 0) is 35.7 Å². The van der Waals surface area contributed by atoms with Crippen LogP contribution in [0, 0.1) is 5.92 Å². The molecule has 0 amide bonds. The molecule has 1 heterocycles. The normalized spacial score (nSPS) is 13.5. The highest BCUT2D eigenvalue weighted by atomic mass is 127. The van der Waals surface area contributed by atoms with E-state index in [0.29, 0.717) is 38.2 Å². The summed E-state index contributed by atoms with van der Waals surface area (Å²) in [5.41, 5.74) is 7.89. The Hall–Kier alpha value is -2.16. The Bertz CT molecular complexity index is 796. The van der Waals surface area contributed by atoms with Crippen LogP contribution in [0.1, 0.15) is 25.8 Å². The summed E-state index contributed by atoms with van der Waals surface area (Å²) in [6, 6.07) is 13.6. The van der Waals surface area contributed by atoms with Crippen LogP contribution in [0.4, 0.5) is 5.69 Å². The van der Waals surface area contributed by atoms with Crippen molar-refractivity contribution in [3.05, 3.63) is 48.0 Å². The van der Waals surface area contributed by atoms with Gasteiger partial charge in [0, 0.05) is 18.2 Å². The van der Waals surface area contributed by atoms with Crippen LogP contribution in [0.5, 0.6) is 17.2 Å². The molecule has 3 N–H and O–H groups in total. The van der Waals surface area contributed by atoms with Crippen LogP contribution in [0.25, 0.3) is 0 Å². The molecule has 1 aliphatic heterocycles. The lowest BCUT2D eigenvalue weighted by atomic mass is 10.2. The molecule has 0 aromatic heterocycles. The van der Waals surface area contributed by atoms with Gasteiger partial charge in [0.2, 0.25) is 0 Å². The number of guanidine groups is 1. The number of anilines is 1. The van der Waals surface area contributed by atoms with E-state index in [0.717, 1.165) is 34.9 Å². The smallest absolute Gasteiger partial charge is 0.193 e. The zero-order valence-electron chi connectivity index (χ0n) is 16.3. The van der Waals surface area contributed by atoms with Crippen molar-refractivity contribution < 1.29 is 14.2 Å². The van der Waals surface area contributed by atoms with Gasteiger partial charge in [-0.1, -0.05) is 26.0 Å². The number of nitrogens with one attached hydrogen (secondary N) is 1. The third-order valence-electron chi connectivity index (χ3n) is 3.93. The molecule has 0 bridgehead atoms. The summed E-state index contributed by atoms with van der Waals surface area (Å²) in [6.45, 7) is 6.74. The molecule has 3 rings (SSSR count). The van der Waals surface area contributed by atoms with Crippen molar-refractivity contribution in [3.8, 4) is 17.2 Å². The highest BCUT2D eigenvalue weighted by Crippen LogP contribution is 2.32. The van der Waals surface area contributed by atoms with Crippen LogP contribution in [-0.2, 0) is 6.54 Å². The predicted molar refractivity (Wildman–Crippen MR) is 123 cm³/mol. The van der Waals surface area contributed by atoms with Crippen molar-refractivity contribution in [2.45, 2.75) is 26.8 Å². The van der Waals surface area contributed by atoms with Gasteiger partial charge in [0.05, 0.1) is 26.4 Å². The minimum absolute atomic E-state index is 0. The van der Waals surface area contributed by atoms with Crippen LogP contribution < -0.4 is 25.3 Å². The van der Waals surface area contributed by atoms with Crippen molar-refractivity contribution in [2.24, 2.45) is 16.6 Å². The molecule has 0 saturated heterocycles. The van der Waals surface area contributed by atoms with E-state index < -0.39 is 0 Å². The number of aliphatic imine (C=N–C) groups is 1. The van der Waals surface area contributed by atoms with E-state index >= 15 is 0 Å². The molecule has 0 atom stereocenters. The third kappa shape index (κ3) is 6.78. The first-order valence-electron chi connectivity index (χ1n) is 9.28. The third-order valence-corrected chi connectivity index (χ3v) is 3.93. The summed E-state index contributed by atoms with van der Waals surface area (Å²) in [7, 11) is 0. The maximum atomic E-state index is 6.03. The van der Waals surface area contributed by atoms with Gasteiger partial charge in [0.15, 0.2) is 17.5 Å². The Kier molecular flexibility index (Phi) is 8.69. The predicted octanol–water partition coefficient (Wildman–Crippen LogP) is 4.43. The largest absolute Gasteiger partial charge is 0.493 e. The highest BCUT2D eigenvalue weighted by Gasteiger charge is 2.10.